The maximum absolute atomic E-state index is 14.6. The van der Waals surface area contributed by atoms with Gasteiger partial charge in [-0.1, -0.05) is 36.4 Å². The molecule has 794 valence electrons. The minimum atomic E-state index is -4.63. The smallest absolute Gasteiger partial charge is 0.393 e. The van der Waals surface area contributed by atoms with Crippen molar-refractivity contribution in [1.29, 1.82) is 0 Å². The number of nitrogens with zero attached hydrogens (tertiary/aromatic N) is 18. The van der Waals surface area contributed by atoms with Crippen LogP contribution in [0.3, 0.4) is 0 Å². The van der Waals surface area contributed by atoms with Crippen LogP contribution in [0.1, 0.15) is 137 Å². The Morgan fingerprint density at radius 1 is 0.347 bits per heavy atom. The van der Waals surface area contributed by atoms with Crippen molar-refractivity contribution >= 4 is 86.7 Å². The number of anilines is 6. The molecule has 0 saturated heterocycles. The molecular formula is C102H128F9N21O15. The summed E-state index contributed by atoms with van der Waals surface area (Å²) in [5.74, 6) is -2.20. The van der Waals surface area contributed by atoms with Crippen molar-refractivity contribution in [3.63, 3.8) is 0 Å². The first-order valence-corrected chi connectivity index (χ1v) is 48.8. The van der Waals surface area contributed by atoms with E-state index in [1.165, 1.54) is 27.4 Å². The molecule has 12 rings (SSSR count). The van der Waals surface area contributed by atoms with Gasteiger partial charge in [-0.3, -0.25) is 13.7 Å². The van der Waals surface area contributed by atoms with Crippen molar-refractivity contribution < 1.29 is 96.5 Å². The first kappa shape index (κ1) is 112. The molecule has 3 aromatic carbocycles. The Morgan fingerprint density at radius 2 is 0.605 bits per heavy atom. The molecule has 0 bridgehead atoms. The fourth-order valence-corrected chi connectivity index (χ4v) is 16.3. The van der Waals surface area contributed by atoms with Crippen LogP contribution < -0.4 is 47.7 Å². The summed E-state index contributed by atoms with van der Waals surface area (Å²) in [6.45, 7) is 29.8. The zero-order valence-corrected chi connectivity index (χ0v) is 85.1. The zero-order valence-electron chi connectivity index (χ0n) is 85.1. The van der Waals surface area contributed by atoms with Gasteiger partial charge in [0.1, 0.15) is 58.5 Å². The minimum absolute atomic E-state index is 0.00460. The van der Waals surface area contributed by atoms with E-state index >= 15 is 0 Å². The highest BCUT2D eigenvalue weighted by molar-refractivity contribution is 5.83. The second kappa shape index (κ2) is 50.3. The summed E-state index contributed by atoms with van der Waals surface area (Å²) in [4.78, 5) is 131. The SMILES string of the molecule is CCN(CC)c1ncc(CC(F)(F)F)c(N[C@@H](Cc2ccc(-n3c(=O)n(CCOCCOCC(COCCOCCn4c(=O)n(-c5ccc(C[C@H](Nc6nc(N(CC)CC)ncc6CC(F)(F)F)C(=O)OC(C)(C)C)cc5)c5ncccc54)OCCOCCn4c(=O)n(-c5ccc(C[C@H](Nc6nc(N(CC)CC)ncc6CC(F)(F)F)C(=O)OC(C)(C)C)cc5)c5ncccc54)c4cccnc43)cc2)C(=O)OC(C)(C)C)n1. The van der Waals surface area contributed by atoms with E-state index in [-0.39, 0.29) is 164 Å². The van der Waals surface area contributed by atoms with Gasteiger partial charge in [-0.25, -0.2) is 72.4 Å². The lowest BCUT2D eigenvalue weighted by Crippen LogP contribution is -2.39. The Balaban J connectivity index is 0.696. The van der Waals surface area contributed by atoms with Crippen molar-refractivity contribution in [3.8, 4) is 17.1 Å². The molecule has 0 unspecified atom stereocenters. The van der Waals surface area contributed by atoms with Gasteiger partial charge in [-0.05, 0) is 193 Å². The topological polar surface area (TPSA) is 377 Å². The summed E-state index contributed by atoms with van der Waals surface area (Å²) in [5, 5.41) is 8.92. The van der Waals surface area contributed by atoms with Crippen LogP contribution in [0.4, 0.5) is 74.8 Å². The highest BCUT2D eigenvalue weighted by Gasteiger charge is 2.38. The summed E-state index contributed by atoms with van der Waals surface area (Å²) in [6.07, 6.45) is -10.8. The standard InChI is InChI=1S/C102H128F9N21O15/c1-16-124(17-2)91-115-61-69(58-100(103,104)105)82(121-91)118-76(88(133)145-97(7,8)9)55-66-28-34-72(35-29-66)130-85-79(25-22-40-112-85)127(94(130)136)43-46-139-49-51-142-64-75(144-54-53-141-48-45-129-81-27-24-42-114-87(81)132(96(129)138)74-38-32-68(33-39-74)57-78(90(135)147-99(13,14)15)120-84-71(60-102(109,110)111)63-117-93(123-84)126(20-5)21-6)65-143-52-50-140-47-44-128-80-26-23-41-113-86(80)131(95(128)137)73-36-30-67(31-37-73)56-77(89(134)146-98(10,11)12)119-83-70(59-101(106,107)108)62-116-92(122-83)125(18-3)19-4/h22-42,61-63,75-78H,16-21,43-60,64-65H2,1-15H3,(H,115,118,121)(H,116,119,122)(H,117,120,123)/t76-,77-,78-/m0/s1. The van der Waals surface area contributed by atoms with Crippen molar-refractivity contribution in [2.45, 2.75) is 222 Å². The van der Waals surface area contributed by atoms with Crippen LogP contribution >= 0.6 is 0 Å². The molecular weight excluding hydrogens is 1930 g/mol. The lowest BCUT2D eigenvalue weighted by Gasteiger charge is -2.26. The third-order valence-electron chi connectivity index (χ3n) is 23.2. The summed E-state index contributed by atoms with van der Waals surface area (Å²) < 4.78 is 189. The van der Waals surface area contributed by atoms with Gasteiger partial charge in [0.15, 0.2) is 16.9 Å². The van der Waals surface area contributed by atoms with Gasteiger partial charge in [0.2, 0.25) is 17.8 Å². The molecule has 0 fully saturated rings. The van der Waals surface area contributed by atoms with Crippen LogP contribution in [-0.2, 0) is 115 Å². The number of imidazole rings is 3. The van der Waals surface area contributed by atoms with Gasteiger partial charge in [0.25, 0.3) is 0 Å². The second-order valence-corrected chi connectivity index (χ2v) is 37.7. The van der Waals surface area contributed by atoms with E-state index in [2.05, 4.69) is 60.8 Å². The van der Waals surface area contributed by atoms with E-state index < -0.39 is 114 Å². The number of esters is 3. The van der Waals surface area contributed by atoms with Gasteiger partial charge in [0, 0.05) is 112 Å². The quantitative estimate of drug-likeness (QED) is 0.0138. The van der Waals surface area contributed by atoms with E-state index in [4.69, 9.17) is 42.6 Å². The number of alkyl halides is 9. The molecule has 3 atom stereocenters. The van der Waals surface area contributed by atoms with E-state index in [9.17, 15) is 68.3 Å². The van der Waals surface area contributed by atoms with Crippen LogP contribution in [0.5, 0.6) is 0 Å². The fourth-order valence-electron chi connectivity index (χ4n) is 16.3. The molecule has 0 radical (unpaired) electrons. The van der Waals surface area contributed by atoms with Gasteiger partial charge in [-0.15, -0.1) is 0 Å². The fraction of sp³-hybridized carbons (Fsp3) is 0.500. The number of fused-ring (bicyclic) bond motifs is 3. The maximum Gasteiger partial charge on any atom is 0.393 e. The Kier molecular flexibility index (Phi) is 38.4. The molecule has 0 aliphatic heterocycles. The molecule has 3 N–H and O–H groups in total. The average Bonchev–Trinajstić information content (AvgIpc) is 1.61. The van der Waals surface area contributed by atoms with E-state index in [0.717, 1.165) is 18.6 Å². The van der Waals surface area contributed by atoms with Crippen molar-refractivity contribution in [2.75, 3.05) is 143 Å². The third kappa shape index (κ3) is 31.5. The third-order valence-corrected chi connectivity index (χ3v) is 23.2. The summed E-state index contributed by atoms with van der Waals surface area (Å²) >= 11 is 0. The van der Waals surface area contributed by atoms with Crippen LogP contribution in [0.25, 0.3) is 50.6 Å². The number of aromatic nitrogens is 15. The normalized spacial score (nSPS) is 13.0. The van der Waals surface area contributed by atoms with Crippen molar-refractivity contribution in [3.05, 3.63) is 211 Å². The number of ether oxygens (including phenoxy) is 9. The zero-order chi connectivity index (χ0) is 106. The van der Waals surface area contributed by atoms with E-state index in [0.29, 0.717) is 107 Å². The first-order chi connectivity index (χ1) is 69.8. The molecule has 0 aliphatic carbocycles. The van der Waals surface area contributed by atoms with Crippen LogP contribution in [0.2, 0.25) is 0 Å². The monoisotopic (exact) mass is 2060 g/mol. The molecule has 45 heteroatoms. The predicted octanol–water partition coefficient (Wildman–Crippen LogP) is 14.4. The van der Waals surface area contributed by atoms with Crippen molar-refractivity contribution in [1.82, 2.24) is 72.3 Å². The highest BCUT2D eigenvalue weighted by Crippen LogP contribution is 2.34. The number of rotatable bonds is 53. The Bertz CT molecular complexity index is 6300. The number of carbonyl (C=O) groups excluding carboxylic acids is 3. The predicted molar refractivity (Wildman–Crippen MR) is 537 cm³/mol. The highest BCUT2D eigenvalue weighted by atomic mass is 19.4. The largest absolute Gasteiger partial charge is 0.458 e. The van der Waals surface area contributed by atoms with Gasteiger partial charge >= 0.3 is 53.5 Å². The lowest BCUT2D eigenvalue weighted by molar-refractivity contribution is -0.156. The second-order valence-electron chi connectivity index (χ2n) is 37.7. The lowest BCUT2D eigenvalue weighted by atomic mass is 10.0. The van der Waals surface area contributed by atoms with Gasteiger partial charge in [0.05, 0.1) is 145 Å². The molecule has 36 nitrogen and oxygen atoms in total. The molecule has 0 spiro atoms. The summed E-state index contributed by atoms with van der Waals surface area (Å²) in [6, 6.07) is 26.9. The molecule has 147 heavy (non-hydrogen) atoms. The van der Waals surface area contributed by atoms with Gasteiger partial charge in [-0.2, -0.15) is 54.5 Å². The van der Waals surface area contributed by atoms with E-state index in [1.54, 1.807) is 205 Å². The van der Waals surface area contributed by atoms with E-state index in [1.807, 2.05) is 41.5 Å². The van der Waals surface area contributed by atoms with Crippen LogP contribution in [0.15, 0.2) is 161 Å². The number of pyridine rings is 3. The molecule has 9 aromatic heterocycles. The molecule has 12 aromatic rings. The van der Waals surface area contributed by atoms with Crippen LogP contribution in [0, 0.1) is 0 Å². The number of hydrogen-bond acceptors (Lipinski definition) is 30. The average molecular weight is 2060 g/mol. The van der Waals surface area contributed by atoms with Crippen molar-refractivity contribution in [2.24, 2.45) is 0 Å². The molecule has 0 saturated carbocycles. The number of nitrogens with one attached hydrogen (secondary N) is 3. The number of halogens is 9. The number of benzene rings is 3. The Morgan fingerprint density at radius 3 is 0.857 bits per heavy atom. The Hall–Kier alpha value is -13.5. The first-order valence-electron chi connectivity index (χ1n) is 48.8. The molecule has 9 heterocycles. The summed E-state index contributed by atoms with van der Waals surface area (Å²) in [7, 11) is 0. The number of carbonyl (C=O) groups is 3. The van der Waals surface area contributed by atoms with Gasteiger partial charge < -0.3 is 73.3 Å². The maximum atomic E-state index is 14.6. The minimum Gasteiger partial charge on any atom is -0.458 e. The Labute approximate surface area is 844 Å². The molecule has 0 amide bonds. The molecule has 0 aliphatic rings. The van der Waals surface area contributed by atoms with Crippen LogP contribution in [-0.4, -0.2) is 262 Å². The summed E-state index contributed by atoms with van der Waals surface area (Å²) in [5.41, 5.74) is 0.475. The number of hydrogen-bond donors (Lipinski definition) is 3.